The Balaban J connectivity index is 1.66. The highest BCUT2D eigenvalue weighted by molar-refractivity contribution is 6.07. The fourth-order valence-corrected chi connectivity index (χ4v) is 3.40. The lowest BCUT2D eigenvalue weighted by atomic mass is 10.0. The molecule has 4 aromatic carbocycles. The Kier molecular flexibility index (Phi) is 6.38. The van der Waals surface area contributed by atoms with Crippen molar-refractivity contribution in [1.82, 2.24) is 0 Å². The minimum absolute atomic E-state index is 0.0314. The smallest absolute Gasteiger partial charge is 0.333 e. The number of aliphatic hydroxyl groups is 1. The number of rotatable bonds is 8. The van der Waals surface area contributed by atoms with Crippen molar-refractivity contribution in [2.75, 3.05) is 13.2 Å². The summed E-state index contributed by atoms with van der Waals surface area (Å²) in [4.78, 5) is 11.6. The summed E-state index contributed by atoms with van der Waals surface area (Å²) >= 11 is 0. The van der Waals surface area contributed by atoms with E-state index in [0.29, 0.717) is 11.5 Å². The highest BCUT2D eigenvalue weighted by Gasteiger charge is 2.15. The molecule has 0 fully saturated rings. The van der Waals surface area contributed by atoms with Crippen LogP contribution in [0.25, 0.3) is 21.5 Å². The van der Waals surface area contributed by atoms with Gasteiger partial charge in [-0.3, -0.25) is 0 Å². The first-order chi connectivity index (χ1) is 15.5. The van der Waals surface area contributed by atoms with E-state index in [0.717, 1.165) is 27.3 Å². The maximum atomic E-state index is 11.6. The molecule has 0 saturated carbocycles. The highest BCUT2D eigenvalue weighted by atomic mass is 16.5. The van der Waals surface area contributed by atoms with E-state index in [2.05, 4.69) is 12.6 Å². The predicted molar refractivity (Wildman–Crippen MR) is 125 cm³/mol. The zero-order valence-electron chi connectivity index (χ0n) is 17.8. The molecule has 0 bridgehead atoms. The second-order valence-electron chi connectivity index (χ2n) is 7.54. The molecule has 1 N–H and O–H groups in total. The van der Waals surface area contributed by atoms with Crippen LogP contribution < -0.4 is 9.47 Å². The van der Waals surface area contributed by atoms with Gasteiger partial charge in [-0.25, -0.2) is 4.79 Å². The van der Waals surface area contributed by atoms with E-state index in [1.165, 1.54) is 0 Å². The molecule has 0 aliphatic carbocycles. The van der Waals surface area contributed by atoms with E-state index in [1.807, 2.05) is 72.8 Å². The van der Waals surface area contributed by atoms with Gasteiger partial charge in [-0.1, -0.05) is 61.2 Å². The molecule has 0 heterocycles. The molecular formula is C27H24O5. The minimum atomic E-state index is -0.976. The van der Waals surface area contributed by atoms with Crippen LogP contribution in [0.2, 0.25) is 0 Å². The van der Waals surface area contributed by atoms with Gasteiger partial charge < -0.3 is 19.3 Å². The third kappa shape index (κ3) is 4.74. The Morgan fingerprint density at radius 3 is 2.41 bits per heavy atom. The van der Waals surface area contributed by atoms with Crippen molar-refractivity contribution in [2.45, 2.75) is 13.0 Å². The molecule has 0 spiro atoms. The first-order valence-electron chi connectivity index (χ1n) is 10.3. The number of benzene rings is 4. The van der Waals surface area contributed by atoms with E-state index >= 15 is 0 Å². The van der Waals surface area contributed by atoms with Crippen LogP contribution in [-0.4, -0.2) is 30.4 Å². The number of para-hydroxylation sites is 1. The number of aliphatic hydroxyl groups excluding tert-OH is 1. The summed E-state index contributed by atoms with van der Waals surface area (Å²) in [5, 5.41) is 13.9. The lowest BCUT2D eigenvalue weighted by molar-refractivity contribution is -0.142. The van der Waals surface area contributed by atoms with Gasteiger partial charge in [-0.05, 0) is 36.6 Å². The van der Waals surface area contributed by atoms with Crippen LogP contribution in [0.5, 0.6) is 17.2 Å². The van der Waals surface area contributed by atoms with Gasteiger partial charge in [-0.15, -0.1) is 0 Å². The lowest BCUT2D eigenvalue weighted by Crippen LogP contribution is -2.25. The standard InChI is InChI=1S/C27H24O5/c1-18(2)27(29)31-17-20(28)16-30-26-22-12-7-6-9-19(22)15-24-23(26)13-8-14-25(24)32-21-10-4-3-5-11-21/h3-15,20,28H,1,16-17H2,2H3. The van der Waals surface area contributed by atoms with Crippen LogP contribution >= 0.6 is 0 Å². The van der Waals surface area contributed by atoms with Crippen LogP contribution in [-0.2, 0) is 9.53 Å². The van der Waals surface area contributed by atoms with Gasteiger partial charge in [0.2, 0.25) is 0 Å². The largest absolute Gasteiger partial charge is 0.489 e. The molecule has 0 aliphatic rings. The molecule has 0 aliphatic heterocycles. The zero-order chi connectivity index (χ0) is 22.5. The molecule has 5 nitrogen and oxygen atoms in total. The van der Waals surface area contributed by atoms with Crippen LogP contribution in [0.3, 0.4) is 0 Å². The third-order valence-corrected chi connectivity index (χ3v) is 4.96. The van der Waals surface area contributed by atoms with Gasteiger partial charge in [-0.2, -0.15) is 0 Å². The van der Waals surface area contributed by atoms with Crippen LogP contribution in [0.4, 0.5) is 0 Å². The van der Waals surface area contributed by atoms with Gasteiger partial charge in [0.05, 0.1) is 0 Å². The number of hydrogen-bond acceptors (Lipinski definition) is 5. The quantitative estimate of drug-likeness (QED) is 0.223. The van der Waals surface area contributed by atoms with Crippen LogP contribution in [0.1, 0.15) is 6.92 Å². The van der Waals surface area contributed by atoms with Crippen LogP contribution in [0.15, 0.2) is 91.0 Å². The molecule has 32 heavy (non-hydrogen) atoms. The van der Waals surface area contributed by atoms with Gasteiger partial charge in [0.1, 0.15) is 36.6 Å². The fraction of sp³-hybridized carbons (Fsp3) is 0.148. The Morgan fingerprint density at radius 1 is 0.906 bits per heavy atom. The predicted octanol–water partition coefficient (Wildman–Crippen LogP) is 5.64. The van der Waals surface area contributed by atoms with Crippen molar-refractivity contribution in [3.05, 3.63) is 91.0 Å². The number of carbonyl (C=O) groups excluding carboxylic acids is 1. The summed E-state index contributed by atoms with van der Waals surface area (Å²) in [6.07, 6.45) is -0.976. The minimum Gasteiger partial charge on any atom is -0.489 e. The highest BCUT2D eigenvalue weighted by Crippen LogP contribution is 2.40. The molecular weight excluding hydrogens is 404 g/mol. The van der Waals surface area contributed by atoms with Crippen LogP contribution in [0, 0.1) is 0 Å². The number of carbonyl (C=O) groups is 1. The summed E-state index contributed by atoms with van der Waals surface area (Å²) in [6.45, 7) is 4.89. The maximum absolute atomic E-state index is 11.6. The van der Waals surface area contributed by atoms with Gasteiger partial charge in [0.25, 0.3) is 0 Å². The van der Waals surface area contributed by atoms with Crippen molar-refractivity contribution in [3.8, 4) is 17.2 Å². The molecule has 5 heteroatoms. The topological polar surface area (TPSA) is 65.0 Å². The van der Waals surface area contributed by atoms with Crippen molar-refractivity contribution >= 4 is 27.5 Å². The average molecular weight is 428 g/mol. The molecule has 0 radical (unpaired) electrons. The summed E-state index contributed by atoms with van der Waals surface area (Å²) < 4.78 is 17.2. The number of fused-ring (bicyclic) bond motifs is 2. The van der Waals surface area contributed by atoms with Crippen molar-refractivity contribution in [3.63, 3.8) is 0 Å². The average Bonchev–Trinajstić information content (AvgIpc) is 2.81. The molecule has 0 amide bonds. The van der Waals surface area contributed by atoms with Gasteiger partial charge in [0.15, 0.2) is 0 Å². The first-order valence-corrected chi connectivity index (χ1v) is 10.3. The normalized spacial score (nSPS) is 11.8. The maximum Gasteiger partial charge on any atom is 0.333 e. The zero-order valence-corrected chi connectivity index (χ0v) is 17.8. The summed E-state index contributed by atoms with van der Waals surface area (Å²) in [7, 11) is 0. The molecule has 0 saturated heterocycles. The van der Waals surface area contributed by atoms with Crippen molar-refractivity contribution < 1.29 is 24.1 Å². The van der Waals surface area contributed by atoms with Gasteiger partial charge in [0, 0.05) is 21.7 Å². The van der Waals surface area contributed by atoms with Gasteiger partial charge >= 0.3 is 5.97 Å². The molecule has 1 unspecified atom stereocenters. The van der Waals surface area contributed by atoms with E-state index < -0.39 is 12.1 Å². The molecule has 0 aromatic heterocycles. The second-order valence-corrected chi connectivity index (χ2v) is 7.54. The van der Waals surface area contributed by atoms with Crippen molar-refractivity contribution in [2.24, 2.45) is 0 Å². The summed E-state index contributed by atoms with van der Waals surface area (Å²) in [5.41, 5.74) is 0.282. The van der Waals surface area contributed by atoms with E-state index in [4.69, 9.17) is 14.2 Å². The molecule has 162 valence electrons. The SMILES string of the molecule is C=C(C)C(=O)OCC(O)COc1c2ccccc2cc2c(Oc3ccccc3)cccc12. The Morgan fingerprint density at radius 2 is 1.62 bits per heavy atom. The second kappa shape index (κ2) is 9.54. The van der Waals surface area contributed by atoms with E-state index in [1.54, 1.807) is 6.92 Å². The number of hydrogen-bond donors (Lipinski definition) is 1. The summed E-state index contributed by atoms with van der Waals surface area (Å²) in [5.74, 6) is 1.55. The van der Waals surface area contributed by atoms with E-state index in [-0.39, 0.29) is 18.8 Å². The Bertz CT molecular complexity index is 1260. The number of esters is 1. The lowest BCUT2D eigenvalue weighted by Gasteiger charge is -2.17. The first kappa shape index (κ1) is 21.4. The number of ether oxygens (including phenoxy) is 3. The third-order valence-electron chi connectivity index (χ3n) is 4.96. The molecule has 4 aromatic rings. The fourth-order valence-electron chi connectivity index (χ4n) is 3.40. The Labute approximate surface area is 186 Å². The summed E-state index contributed by atoms with van der Waals surface area (Å²) in [6, 6.07) is 25.3. The monoisotopic (exact) mass is 428 g/mol. The Hall–Kier alpha value is -3.83. The van der Waals surface area contributed by atoms with Crippen molar-refractivity contribution in [1.29, 1.82) is 0 Å². The molecule has 1 atom stereocenters. The molecule has 4 rings (SSSR count). The van der Waals surface area contributed by atoms with E-state index in [9.17, 15) is 9.90 Å².